The number of hydrogen-bond acceptors (Lipinski definition) is 5. The number of ether oxygens (including phenoxy) is 3. The molecule has 332 valence electrons. The fourth-order valence-electron chi connectivity index (χ4n) is 6.78. The highest BCUT2D eigenvalue weighted by atomic mass is 35.5. The van der Waals surface area contributed by atoms with Crippen LogP contribution in [0.4, 0.5) is 38.2 Å². The largest absolute Gasteiger partial charge is 0.673 e. The lowest BCUT2D eigenvalue weighted by Crippen LogP contribution is -2.27. The maximum Gasteiger partial charge on any atom is 0.673 e. The summed E-state index contributed by atoms with van der Waals surface area (Å²) in [6.07, 6.45) is 11.9. The molecule has 2 aliphatic rings. The maximum absolute atomic E-state index is 12.6. The summed E-state index contributed by atoms with van der Waals surface area (Å²) in [5.41, 5.74) is 7.19. The first-order chi connectivity index (χ1) is 30.2. The summed E-state index contributed by atoms with van der Waals surface area (Å²) in [6.45, 7) is 11.0. The number of anilines is 2. The highest BCUT2D eigenvalue weighted by Crippen LogP contribution is 2.40. The van der Waals surface area contributed by atoms with Gasteiger partial charge >= 0.3 is 30.8 Å². The summed E-state index contributed by atoms with van der Waals surface area (Å²) in [5, 5.41) is 7.25. The molecule has 0 saturated heterocycles. The van der Waals surface area contributed by atoms with E-state index in [1.165, 1.54) is 0 Å². The molecule has 2 N–H and O–H groups in total. The van der Waals surface area contributed by atoms with E-state index in [1.54, 1.807) is 0 Å². The number of nitrogens with one attached hydrogen (secondary N) is 2. The molecule has 7 rings (SSSR count). The van der Waals surface area contributed by atoms with Gasteiger partial charge in [-0.3, -0.25) is 10.6 Å². The summed E-state index contributed by atoms with van der Waals surface area (Å²) >= 11 is 7.20. The van der Waals surface area contributed by atoms with E-state index in [-0.39, 0.29) is 0 Å². The van der Waals surface area contributed by atoms with Crippen LogP contribution in [-0.2, 0) is 9.47 Å². The predicted octanol–water partition coefficient (Wildman–Crippen LogP) is 15.5. The fraction of sp³-hybridized carbons (Fsp3) is 0.220. The first kappa shape index (κ1) is 46.9. The van der Waals surface area contributed by atoms with Gasteiger partial charge in [0.1, 0.15) is 22.7 Å². The van der Waals surface area contributed by atoms with Crippen LogP contribution in [0.1, 0.15) is 77.5 Å². The second kappa shape index (κ2) is 19.8. The predicted molar refractivity (Wildman–Crippen MR) is 249 cm³/mol. The van der Waals surface area contributed by atoms with Crippen molar-refractivity contribution >= 4 is 70.8 Å². The molecule has 0 fully saturated rings. The van der Waals surface area contributed by atoms with E-state index in [2.05, 4.69) is 34.9 Å². The first-order valence-electron chi connectivity index (χ1n) is 20.6. The Balaban J connectivity index is 0.00000129. The number of amides is 2. The maximum atomic E-state index is 12.6. The molecule has 1 aliphatic heterocycles. The van der Waals surface area contributed by atoms with E-state index in [4.69, 9.17) is 30.2 Å². The van der Waals surface area contributed by atoms with Gasteiger partial charge in [-0.15, -0.1) is 0 Å². The normalized spacial score (nSPS) is 15.5. The minimum Gasteiger partial charge on any atom is -0.456 e. The summed E-state index contributed by atoms with van der Waals surface area (Å²) in [6, 6.07) is 33.0. The zero-order valence-corrected chi connectivity index (χ0v) is 37.0. The standard InChI is InChI=1S/C50H47ClN2O6.BF4/c1-49(2,3)58-47(54)52-38-24-26-40-36(28-42(56-44(40)30-38)32-14-9-7-10-15-32)22-20-34-18-13-19-35(46(34)51)21-23-37-29-43(33-16-11-8-12-17-33)57-45-31-39(25-27-41(37)45)53-48(55)59-50(4,5)6;2-1(3,4)5/h7-12,14-17,20-31H,13,18-19H2,1-6H3,(H-,52,53,54,55);/q;-1/p+1. The number of fused-ring (bicyclic) bond motifs is 2. The van der Waals surface area contributed by atoms with Gasteiger partial charge in [0.25, 0.3) is 0 Å². The Morgan fingerprint density at radius 2 is 1.31 bits per heavy atom. The van der Waals surface area contributed by atoms with Crippen molar-refractivity contribution in [2.24, 2.45) is 0 Å². The zero-order chi connectivity index (χ0) is 46.2. The molecule has 14 heteroatoms. The Labute approximate surface area is 375 Å². The average molecular weight is 895 g/mol. The summed E-state index contributed by atoms with van der Waals surface area (Å²) in [5.74, 6) is 1.99. The molecule has 8 nitrogen and oxygen atoms in total. The number of carbonyl (C=O) groups is 2. The Hall–Kier alpha value is -6.60. The van der Waals surface area contributed by atoms with Crippen LogP contribution in [0.2, 0.25) is 0 Å². The third-order valence-electron chi connectivity index (χ3n) is 9.39. The minimum atomic E-state index is -6.00. The molecule has 1 aliphatic carbocycles. The highest BCUT2D eigenvalue weighted by Gasteiger charge is 2.24. The molecular formula is C50H48BClF4N2O6. The number of rotatable bonds is 7. The highest BCUT2D eigenvalue weighted by molar-refractivity contribution is 6.50. The molecule has 0 radical (unpaired) electrons. The molecular weight excluding hydrogens is 847 g/mol. The molecule has 1 aromatic heterocycles. The van der Waals surface area contributed by atoms with Gasteiger partial charge < -0.3 is 31.5 Å². The Morgan fingerprint density at radius 3 is 1.92 bits per heavy atom. The van der Waals surface area contributed by atoms with Crippen LogP contribution in [0.3, 0.4) is 0 Å². The molecule has 64 heavy (non-hydrogen) atoms. The van der Waals surface area contributed by atoms with E-state index in [9.17, 15) is 26.9 Å². The Bertz CT molecular complexity index is 2680. The van der Waals surface area contributed by atoms with Crippen molar-refractivity contribution in [2.75, 3.05) is 10.6 Å². The van der Waals surface area contributed by atoms with E-state index >= 15 is 0 Å². The second-order valence-electron chi connectivity index (χ2n) is 16.9. The van der Waals surface area contributed by atoms with Crippen molar-refractivity contribution in [1.82, 2.24) is 0 Å². The number of allylic oxidation sites excluding steroid dienone is 8. The average Bonchev–Trinajstić information content (AvgIpc) is 3.21. The number of hydrogen-bond donors (Lipinski definition) is 2. The molecule has 0 atom stereocenters. The summed E-state index contributed by atoms with van der Waals surface area (Å²) < 4.78 is 62.8. The Kier molecular flexibility index (Phi) is 14.5. The van der Waals surface area contributed by atoms with Crippen molar-refractivity contribution in [3.8, 4) is 17.1 Å². The molecule has 0 unspecified atom stereocenters. The lowest BCUT2D eigenvalue weighted by molar-refractivity contribution is 0.0624. The quantitative estimate of drug-likeness (QED) is 0.0960. The summed E-state index contributed by atoms with van der Waals surface area (Å²) in [4.78, 5) is 25.1. The smallest absolute Gasteiger partial charge is 0.456 e. The van der Waals surface area contributed by atoms with Gasteiger partial charge in [-0.2, -0.15) is 0 Å². The van der Waals surface area contributed by atoms with Gasteiger partial charge in [-0.25, -0.2) is 14.0 Å². The van der Waals surface area contributed by atoms with Gasteiger partial charge in [-0.05, 0) is 120 Å². The van der Waals surface area contributed by atoms with Crippen molar-refractivity contribution in [2.45, 2.75) is 72.0 Å². The number of benzene rings is 4. The molecule has 0 bridgehead atoms. The third-order valence-corrected chi connectivity index (χ3v) is 9.88. The van der Waals surface area contributed by atoms with Crippen molar-refractivity contribution in [1.29, 1.82) is 0 Å². The van der Waals surface area contributed by atoms with E-state index in [1.807, 2.05) is 151 Å². The van der Waals surface area contributed by atoms with Crippen molar-refractivity contribution < 1.29 is 45.5 Å². The van der Waals surface area contributed by atoms with Gasteiger partial charge in [0.05, 0.1) is 28.8 Å². The lowest BCUT2D eigenvalue weighted by Gasteiger charge is -2.23. The molecule has 0 spiro atoms. The molecule has 2 amide bonds. The Morgan fingerprint density at radius 1 is 0.734 bits per heavy atom. The first-order valence-corrected chi connectivity index (χ1v) is 21.0. The van der Waals surface area contributed by atoms with Crippen LogP contribution in [0, 0.1) is 0 Å². The monoisotopic (exact) mass is 894 g/mol. The van der Waals surface area contributed by atoms with E-state index < -0.39 is 30.6 Å². The zero-order valence-electron chi connectivity index (χ0n) is 36.2. The SMILES string of the molecule is CC(C)(C)OC(=O)Nc1ccc2c(c1)OC(c1ccccc1)=C/C2=C\C=C1/CCCC(/C=C/c2cc(-c3ccccc3)[o+]c3cc(NC(=O)OC(C)(C)C)ccc23)=C1Cl.F[B-](F)(F)F. The van der Waals surface area contributed by atoms with Crippen molar-refractivity contribution in [3.63, 3.8) is 0 Å². The molecule has 0 saturated carbocycles. The van der Waals surface area contributed by atoms with Gasteiger partial charge in [0, 0.05) is 33.5 Å². The fourth-order valence-corrected chi connectivity index (χ4v) is 7.09. The summed E-state index contributed by atoms with van der Waals surface area (Å²) in [7, 11) is -6.00. The topological polar surface area (TPSA) is 97.2 Å². The lowest BCUT2D eigenvalue weighted by atomic mass is 9.92. The second-order valence-corrected chi connectivity index (χ2v) is 17.3. The van der Waals surface area contributed by atoms with Crippen LogP contribution < -0.4 is 15.4 Å². The van der Waals surface area contributed by atoms with Crippen LogP contribution in [-0.4, -0.2) is 30.6 Å². The molecule has 4 aromatic carbocycles. The number of carbonyl (C=O) groups excluding carboxylic acids is 2. The van der Waals surface area contributed by atoms with Crippen LogP contribution in [0.5, 0.6) is 5.75 Å². The van der Waals surface area contributed by atoms with Gasteiger partial charge in [-0.1, -0.05) is 84.4 Å². The van der Waals surface area contributed by atoms with Crippen LogP contribution in [0.25, 0.3) is 39.7 Å². The molecule has 2 heterocycles. The van der Waals surface area contributed by atoms with Crippen LogP contribution in [0.15, 0.2) is 148 Å². The van der Waals surface area contributed by atoms with Gasteiger partial charge in [0.2, 0.25) is 0 Å². The molecule has 5 aromatic rings. The van der Waals surface area contributed by atoms with E-state index in [0.717, 1.165) is 68.7 Å². The number of halogens is 5. The van der Waals surface area contributed by atoms with Crippen molar-refractivity contribution in [3.05, 3.63) is 160 Å². The van der Waals surface area contributed by atoms with E-state index in [0.29, 0.717) is 34.2 Å². The van der Waals surface area contributed by atoms with Crippen LogP contribution >= 0.6 is 11.6 Å². The minimum absolute atomic E-state index is 0.537. The van der Waals surface area contributed by atoms with Gasteiger partial charge in [0.15, 0.2) is 0 Å². The third kappa shape index (κ3) is 13.7.